The number of hydrogen-bond acceptors (Lipinski definition) is 2. The smallest absolute Gasteiger partial charge is 0.239 e. The molecule has 1 aromatic carbocycles. The van der Waals surface area contributed by atoms with Gasteiger partial charge in [-0.05, 0) is 44.0 Å². The molecule has 1 rings (SSSR count). The fourth-order valence-corrected chi connectivity index (χ4v) is 1.58. The number of aryl methyl sites for hydroxylation is 2. The van der Waals surface area contributed by atoms with E-state index in [0.717, 1.165) is 21.3 Å². The van der Waals surface area contributed by atoms with Gasteiger partial charge >= 0.3 is 0 Å². The summed E-state index contributed by atoms with van der Waals surface area (Å²) in [6.45, 7) is 5.77. The first-order chi connectivity index (χ1) is 6.91. The summed E-state index contributed by atoms with van der Waals surface area (Å²) in [6.07, 6.45) is 0. The van der Waals surface area contributed by atoms with E-state index >= 15 is 0 Å². The maximum Gasteiger partial charge on any atom is 0.239 e. The van der Waals surface area contributed by atoms with Gasteiger partial charge in [-0.3, -0.25) is 4.79 Å². The van der Waals surface area contributed by atoms with Crippen molar-refractivity contribution in [2.75, 3.05) is 5.32 Å². The second-order valence-corrected chi connectivity index (χ2v) is 4.49. The van der Waals surface area contributed by atoms with Crippen molar-refractivity contribution in [3.05, 3.63) is 27.7 Å². The van der Waals surface area contributed by atoms with Gasteiger partial charge in [-0.15, -0.1) is 0 Å². The van der Waals surface area contributed by atoms with Gasteiger partial charge in [-0.25, -0.2) is 0 Å². The lowest BCUT2D eigenvalue weighted by atomic mass is 10.1. The number of benzene rings is 1. The molecule has 0 saturated heterocycles. The second-order valence-electron chi connectivity index (χ2n) is 3.69. The number of rotatable bonds is 3. The molecule has 1 atom stereocenters. The van der Waals surface area contributed by atoms with Crippen LogP contribution in [0.25, 0.3) is 0 Å². The number of carbonyl (C=O) groups is 1. The van der Waals surface area contributed by atoms with Gasteiger partial charge in [-0.1, -0.05) is 15.9 Å². The minimum atomic E-state index is -0.357. The molecule has 3 nitrogen and oxygen atoms in total. The molecular weight excluding hydrogens is 256 g/mol. The zero-order valence-corrected chi connectivity index (χ0v) is 10.7. The van der Waals surface area contributed by atoms with Crippen molar-refractivity contribution in [3.8, 4) is 0 Å². The fraction of sp³-hybridized carbons (Fsp3) is 0.364. The van der Waals surface area contributed by atoms with Crippen molar-refractivity contribution < 1.29 is 4.79 Å². The number of nitrogens with one attached hydrogen (secondary N) is 1. The Kier molecular flexibility index (Phi) is 3.74. The third-order valence-electron chi connectivity index (χ3n) is 2.25. The third kappa shape index (κ3) is 2.96. The molecule has 0 aliphatic heterocycles. The lowest BCUT2D eigenvalue weighted by molar-refractivity contribution is -0.118. The fourth-order valence-electron chi connectivity index (χ4n) is 1.35. The Morgan fingerprint density at radius 2 is 1.87 bits per heavy atom. The van der Waals surface area contributed by atoms with Crippen molar-refractivity contribution in [2.24, 2.45) is 5.73 Å². The van der Waals surface area contributed by atoms with Gasteiger partial charge in [0.1, 0.15) is 6.04 Å². The van der Waals surface area contributed by atoms with Crippen LogP contribution in [0, 0.1) is 13.8 Å². The molecule has 0 aromatic heterocycles. The van der Waals surface area contributed by atoms with Crippen molar-refractivity contribution in [3.63, 3.8) is 0 Å². The Balaban J connectivity index is 2.92. The number of halogens is 1. The van der Waals surface area contributed by atoms with Crippen molar-refractivity contribution in [1.29, 1.82) is 0 Å². The molecular formula is C11H15BrN2O. The molecule has 0 radical (unpaired) electrons. The third-order valence-corrected chi connectivity index (χ3v) is 3.50. The van der Waals surface area contributed by atoms with E-state index in [1.165, 1.54) is 0 Å². The molecule has 0 saturated carbocycles. The normalized spacial score (nSPS) is 12.3. The first kappa shape index (κ1) is 12.0. The van der Waals surface area contributed by atoms with Gasteiger partial charge in [0.05, 0.1) is 0 Å². The Labute approximate surface area is 98.2 Å². The van der Waals surface area contributed by atoms with Gasteiger partial charge in [-0.2, -0.15) is 0 Å². The molecule has 0 bridgehead atoms. The molecule has 1 aromatic rings. The van der Waals surface area contributed by atoms with Gasteiger partial charge < -0.3 is 11.1 Å². The molecule has 4 heteroatoms. The first-order valence-corrected chi connectivity index (χ1v) is 5.53. The van der Waals surface area contributed by atoms with Gasteiger partial charge in [0, 0.05) is 10.2 Å². The van der Waals surface area contributed by atoms with Crippen LogP contribution in [0.3, 0.4) is 0 Å². The molecule has 3 N–H and O–H groups in total. The summed E-state index contributed by atoms with van der Waals surface area (Å²) in [7, 11) is 0. The highest BCUT2D eigenvalue weighted by Crippen LogP contribution is 2.25. The van der Waals surface area contributed by atoms with Crippen molar-refractivity contribution >= 4 is 27.5 Å². The topological polar surface area (TPSA) is 55.1 Å². The maximum atomic E-state index is 10.9. The summed E-state index contributed by atoms with van der Waals surface area (Å²) in [5, 5.41) is 3.05. The van der Waals surface area contributed by atoms with Crippen LogP contribution in [0.4, 0.5) is 5.69 Å². The Morgan fingerprint density at radius 3 is 2.27 bits per heavy atom. The Morgan fingerprint density at radius 1 is 1.40 bits per heavy atom. The number of primary amides is 1. The number of anilines is 1. The summed E-state index contributed by atoms with van der Waals surface area (Å²) in [5.74, 6) is -0.353. The van der Waals surface area contributed by atoms with E-state index in [4.69, 9.17) is 5.73 Å². The molecule has 82 valence electrons. The van der Waals surface area contributed by atoms with Gasteiger partial charge in [0.25, 0.3) is 0 Å². The van der Waals surface area contributed by atoms with Crippen LogP contribution in [-0.4, -0.2) is 11.9 Å². The van der Waals surface area contributed by atoms with E-state index in [1.54, 1.807) is 6.92 Å². The molecule has 0 spiro atoms. The van der Waals surface area contributed by atoms with Crippen molar-refractivity contribution in [1.82, 2.24) is 0 Å². The van der Waals surface area contributed by atoms with E-state index in [2.05, 4.69) is 21.2 Å². The van der Waals surface area contributed by atoms with Crippen LogP contribution in [0.2, 0.25) is 0 Å². The van der Waals surface area contributed by atoms with Crippen LogP contribution >= 0.6 is 15.9 Å². The van der Waals surface area contributed by atoms with Gasteiger partial charge in [0.15, 0.2) is 0 Å². The Bertz CT molecular complexity index is 367. The minimum absolute atomic E-state index is 0.353. The average Bonchev–Trinajstić information content (AvgIpc) is 2.13. The van der Waals surface area contributed by atoms with Crippen LogP contribution < -0.4 is 11.1 Å². The zero-order chi connectivity index (χ0) is 11.6. The molecule has 1 amide bonds. The number of nitrogens with two attached hydrogens (primary N) is 1. The van der Waals surface area contributed by atoms with E-state index in [9.17, 15) is 4.79 Å². The lowest BCUT2D eigenvalue weighted by Crippen LogP contribution is -2.32. The zero-order valence-electron chi connectivity index (χ0n) is 9.10. The van der Waals surface area contributed by atoms with Crippen LogP contribution in [0.15, 0.2) is 16.6 Å². The van der Waals surface area contributed by atoms with Crippen LogP contribution in [-0.2, 0) is 4.79 Å². The van der Waals surface area contributed by atoms with E-state index in [-0.39, 0.29) is 11.9 Å². The summed E-state index contributed by atoms with van der Waals surface area (Å²) in [5.41, 5.74) is 8.36. The van der Waals surface area contributed by atoms with Crippen molar-refractivity contribution in [2.45, 2.75) is 26.8 Å². The number of carbonyl (C=O) groups excluding carboxylic acids is 1. The summed E-state index contributed by atoms with van der Waals surface area (Å²) in [4.78, 5) is 10.9. The quantitative estimate of drug-likeness (QED) is 0.886. The molecule has 0 unspecified atom stereocenters. The molecule has 0 aliphatic rings. The summed E-state index contributed by atoms with van der Waals surface area (Å²) < 4.78 is 1.10. The second kappa shape index (κ2) is 4.66. The molecule has 0 heterocycles. The van der Waals surface area contributed by atoms with Crippen LogP contribution in [0.1, 0.15) is 18.1 Å². The largest absolute Gasteiger partial charge is 0.374 e. The maximum absolute atomic E-state index is 10.9. The summed E-state index contributed by atoms with van der Waals surface area (Å²) in [6, 6.07) is 3.61. The highest BCUT2D eigenvalue weighted by atomic mass is 79.9. The Hall–Kier alpha value is -1.03. The monoisotopic (exact) mass is 270 g/mol. The first-order valence-electron chi connectivity index (χ1n) is 4.74. The number of amides is 1. The predicted octanol–water partition coefficient (Wildman–Crippen LogP) is 2.35. The van der Waals surface area contributed by atoms with E-state index in [1.807, 2.05) is 26.0 Å². The van der Waals surface area contributed by atoms with E-state index < -0.39 is 0 Å². The average molecular weight is 271 g/mol. The molecule has 0 fully saturated rings. The SMILES string of the molecule is Cc1cc(N[C@@H](C)C(N)=O)cc(C)c1Br. The summed E-state index contributed by atoms with van der Waals surface area (Å²) >= 11 is 3.49. The minimum Gasteiger partial charge on any atom is -0.374 e. The lowest BCUT2D eigenvalue weighted by Gasteiger charge is -2.14. The highest BCUT2D eigenvalue weighted by Gasteiger charge is 2.09. The predicted molar refractivity (Wildman–Crippen MR) is 65.9 cm³/mol. The van der Waals surface area contributed by atoms with Gasteiger partial charge in [0.2, 0.25) is 5.91 Å². The van der Waals surface area contributed by atoms with E-state index in [0.29, 0.717) is 0 Å². The van der Waals surface area contributed by atoms with Crippen LogP contribution in [0.5, 0.6) is 0 Å². The highest BCUT2D eigenvalue weighted by molar-refractivity contribution is 9.10. The molecule has 0 aliphatic carbocycles. The standard InChI is InChI=1S/C11H15BrN2O/c1-6-4-9(5-7(2)10(6)12)14-8(3)11(13)15/h4-5,8,14H,1-3H3,(H2,13,15)/t8-/m0/s1. The molecule has 15 heavy (non-hydrogen) atoms. The number of hydrogen-bond donors (Lipinski definition) is 2.